The second kappa shape index (κ2) is 8.17. The van der Waals surface area contributed by atoms with Crippen LogP contribution in [0.1, 0.15) is 6.42 Å². The third-order valence-electron chi connectivity index (χ3n) is 4.41. The molecule has 4 N–H and O–H groups in total. The van der Waals surface area contributed by atoms with E-state index in [0.717, 1.165) is 50.7 Å². The summed E-state index contributed by atoms with van der Waals surface area (Å²) in [6, 6.07) is 6.37. The Kier molecular flexibility index (Phi) is 6.01. The number of benzene rings is 1. The molecule has 0 saturated carbocycles. The monoisotopic (exact) mass is 447 g/mol. The van der Waals surface area contributed by atoms with Crippen LogP contribution in [0.3, 0.4) is 0 Å². The molecule has 1 aromatic carbocycles. The quantitative estimate of drug-likeness (QED) is 0.552. The van der Waals surface area contributed by atoms with Crippen LogP contribution in [0.4, 0.5) is 24.9 Å². The Hall–Kier alpha value is -2.37. The van der Waals surface area contributed by atoms with Crippen molar-refractivity contribution in [3.05, 3.63) is 23.2 Å². The lowest BCUT2D eigenvalue weighted by Gasteiger charge is -2.18. The molecule has 2 aromatic heterocycles. The summed E-state index contributed by atoms with van der Waals surface area (Å²) in [6.07, 6.45) is -3.97. The summed E-state index contributed by atoms with van der Waals surface area (Å²) < 4.78 is 33.9. The number of aliphatic carboxylic acids is 1. The average Bonchev–Trinajstić information content (AvgIpc) is 3.25. The highest BCUT2D eigenvalue weighted by Gasteiger charge is 2.38. The third-order valence-corrected chi connectivity index (χ3v) is 5.79. The second-order valence-corrected chi connectivity index (χ2v) is 7.84. The number of carbonyl (C=O) groups is 1. The van der Waals surface area contributed by atoms with Gasteiger partial charge in [0.1, 0.15) is 0 Å². The number of nitrogen functional groups attached to an aromatic ring is 1. The van der Waals surface area contributed by atoms with Crippen LogP contribution in [0, 0.1) is 0 Å². The number of rotatable bonds is 2. The number of thiophene rings is 1. The van der Waals surface area contributed by atoms with Crippen LogP contribution in [-0.2, 0) is 4.79 Å². The highest BCUT2D eigenvalue weighted by atomic mass is 35.5. The fourth-order valence-electron chi connectivity index (χ4n) is 3.02. The van der Waals surface area contributed by atoms with Gasteiger partial charge in [-0.05, 0) is 31.7 Å². The first kappa shape index (κ1) is 21.3. The van der Waals surface area contributed by atoms with E-state index in [1.807, 2.05) is 25.2 Å². The highest BCUT2D eigenvalue weighted by Crippen LogP contribution is 2.39. The van der Waals surface area contributed by atoms with Crippen molar-refractivity contribution in [1.82, 2.24) is 15.3 Å². The number of carboxylic acids is 1. The van der Waals surface area contributed by atoms with Gasteiger partial charge in [0.2, 0.25) is 5.95 Å². The molecule has 29 heavy (non-hydrogen) atoms. The Bertz CT molecular complexity index is 1060. The van der Waals surface area contributed by atoms with Gasteiger partial charge in [-0.15, -0.1) is 11.3 Å². The summed E-state index contributed by atoms with van der Waals surface area (Å²) >= 11 is 7.79. The minimum atomic E-state index is -5.08. The topological polar surface area (TPSA) is 104 Å². The lowest BCUT2D eigenvalue weighted by molar-refractivity contribution is -0.192. The molecule has 0 spiro atoms. The summed E-state index contributed by atoms with van der Waals surface area (Å²) in [6.45, 7) is 1.92. The van der Waals surface area contributed by atoms with Gasteiger partial charge in [0.25, 0.3) is 0 Å². The molecular formula is C17H17ClF3N5O2S. The van der Waals surface area contributed by atoms with Crippen molar-refractivity contribution in [3.63, 3.8) is 0 Å². The number of likely N-dealkylation sites (N-methyl/N-ethyl adjacent to an activating group) is 1. The summed E-state index contributed by atoms with van der Waals surface area (Å²) in [5.74, 6) is -1.49. The van der Waals surface area contributed by atoms with Gasteiger partial charge in [0.15, 0.2) is 5.82 Å². The number of fused-ring (bicyclic) bond motifs is 3. The molecule has 1 saturated heterocycles. The van der Waals surface area contributed by atoms with Crippen molar-refractivity contribution in [2.45, 2.75) is 18.6 Å². The summed E-state index contributed by atoms with van der Waals surface area (Å²) in [4.78, 5) is 20.2. The number of hydrogen-bond acceptors (Lipinski definition) is 7. The number of alkyl halides is 3. The zero-order chi connectivity index (χ0) is 21.3. The second-order valence-electron chi connectivity index (χ2n) is 6.35. The number of nitrogens with one attached hydrogen (secondary N) is 1. The number of halogens is 4. The van der Waals surface area contributed by atoms with Crippen LogP contribution < -0.4 is 16.0 Å². The zero-order valence-corrected chi connectivity index (χ0v) is 16.7. The molecule has 0 radical (unpaired) electrons. The van der Waals surface area contributed by atoms with E-state index in [1.54, 1.807) is 11.3 Å². The molecule has 1 aliphatic rings. The molecule has 7 nitrogen and oxygen atoms in total. The van der Waals surface area contributed by atoms with Crippen molar-refractivity contribution in [1.29, 1.82) is 0 Å². The molecule has 1 fully saturated rings. The van der Waals surface area contributed by atoms with Gasteiger partial charge in [-0.1, -0.05) is 11.6 Å². The van der Waals surface area contributed by atoms with E-state index in [0.29, 0.717) is 12.0 Å². The fourth-order valence-corrected chi connectivity index (χ4v) is 4.46. The van der Waals surface area contributed by atoms with Crippen LogP contribution in [-0.4, -0.2) is 53.4 Å². The minimum absolute atomic E-state index is 0.324. The molecule has 156 valence electrons. The molecule has 4 rings (SSSR count). The van der Waals surface area contributed by atoms with Crippen LogP contribution in [0.25, 0.3) is 20.3 Å². The number of nitrogens with zero attached hydrogens (tertiary/aromatic N) is 3. The number of anilines is 2. The summed E-state index contributed by atoms with van der Waals surface area (Å²) in [7, 11) is 2.00. The standard InChI is InChI=1S/C15H16ClN5S.C2HF3O2/c1-18-9-4-5-21(7-9)14-13-12(19-15(17)20-14)10-3-2-8(16)6-11(10)22-13;3-2(4,5)1(6)7/h2-3,6,9,18H,4-5,7H2,1H3,(H2,17,19,20);(H,6,7)/t9-;/m0./s1. The Balaban J connectivity index is 0.000000298. The number of hydrogen-bond donors (Lipinski definition) is 3. The van der Waals surface area contributed by atoms with Crippen molar-refractivity contribution >= 4 is 61.0 Å². The van der Waals surface area contributed by atoms with Gasteiger partial charge in [0.05, 0.1) is 10.2 Å². The van der Waals surface area contributed by atoms with E-state index in [9.17, 15) is 13.2 Å². The number of carboxylic acid groups (broad SMARTS) is 1. The van der Waals surface area contributed by atoms with Crippen molar-refractivity contribution in [2.24, 2.45) is 0 Å². The van der Waals surface area contributed by atoms with E-state index >= 15 is 0 Å². The fraction of sp³-hybridized carbons (Fsp3) is 0.353. The first-order chi connectivity index (χ1) is 13.6. The summed E-state index contributed by atoms with van der Waals surface area (Å²) in [5, 5.41) is 12.3. The maximum atomic E-state index is 10.6. The van der Waals surface area contributed by atoms with Crippen LogP contribution in [0.15, 0.2) is 18.2 Å². The minimum Gasteiger partial charge on any atom is -0.475 e. The van der Waals surface area contributed by atoms with Crippen LogP contribution in [0.2, 0.25) is 5.02 Å². The van der Waals surface area contributed by atoms with Gasteiger partial charge in [-0.25, -0.2) is 9.78 Å². The maximum absolute atomic E-state index is 10.6. The molecule has 0 bridgehead atoms. The predicted molar refractivity (Wildman–Crippen MR) is 108 cm³/mol. The largest absolute Gasteiger partial charge is 0.490 e. The Morgan fingerprint density at radius 3 is 2.69 bits per heavy atom. The van der Waals surface area contributed by atoms with E-state index in [1.165, 1.54) is 0 Å². The van der Waals surface area contributed by atoms with Crippen LogP contribution >= 0.6 is 22.9 Å². The van der Waals surface area contributed by atoms with Gasteiger partial charge in [-0.3, -0.25) is 0 Å². The number of nitrogens with two attached hydrogens (primary N) is 1. The molecule has 12 heteroatoms. The normalized spacial score (nSPS) is 16.9. The van der Waals surface area contributed by atoms with Gasteiger partial charge < -0.3 is 21.1 Å². The van der Waals surface area contributed by atoms with E-state index in [2.05, 4.69) is 20.2 Å². The smallest absolute Gasteiger partial charge is 0.475 e. The molecule has 0 unspecified atom stereocenters. The molecule has 3 heterocycles. The first-order valence-corrected chi connectivity index (χ1v) is 9.67. The van der Waals surface area contributed by atoms with Gasteiger partial charge >= 0.3 is 12.1 Å². The highest BCUT2D eigenvalue weighted by molar-refractivity contribution is 7.26. The lowest BCUT2D eigenvalue weighted by atomic mass is 10.2. The molecule has 0 aliphatic carbocycles. The Morgan fingerprint density at radius 1 is 1.41 bits per heavy atom. The van der Waals surface area contributed by atoms with Crippen molar-refractivity contribution < 1.29 is 23.1 Å². The first-order valence-electron chi connectivity index (χ1n) is 8.47. The Labute approximate surface area is 172 Å². The average molecular weight is 448 g/mol. The molecule has 3 aromatic rings. The SMILES string of the molecule is CN[C@H]1CCN(c2nc(N)nc3c2sc2cc(Cl)ccc23)C1.O=C(O)C(F)(F)F. The van der Waals surface area contributed by atoms with E-state index in [4.69, 9.17) is 27.2 Å². The molecule has 0 amide bonds. The maximum Gasteiger partial charge on any atom is 0.490 e. The zero-order valence-electron chi connectivity index (χ0n) is 15.1. The van der Waals surface area contributed by atoms with Crippen LogP contribution in [0.5, 0.6) is 0 Å². The number of aromatic nitrogens is 2. The van der Waals surface area contributed by atoms with Gasteiger partial charge in [0, 0.05) is 34.2 Å². The van der Waals surface area contributed by atoms with Crippen molar-refractivity contribution in [2.75, 3.05) is 30.8 Å². The summed E-state index contributed by atoms with van der Waals surface area (Å²) in [5.41, 5.74) is 6.88. The molecule has 1 aliphatic heterocycles. The molecule has 1 atom stereocenters. The molecular weight excluding hydrogens is 431 g/mol. The Morgan fingerprint density at radius 2 is 2.10 bits per heavy atom. The predicted octanol–water partition coefficient (Wildman–Crippen LogP) is 3.51. The van der Waals surface area contributed by atoms with E-state index in [-0.39, 0.29) is 0 Å². The lowest BCUT2D eigenvalue weighted by Crippen LogP contribution is -2.30. The van der Waals surface area contributed by atoms with Crippen molar-refractivity contribution in [3.8, 4) is 0 Å². The third kappa shape index (κ3) is 4.62. The van der Waals surface area contributed by atoms with Gasteiger partial charge in [-0.2, -0.15) is 18.2 Å². The van der Waals surface area contributed by atoms with E-state index < -0.39 is 12.1 Å².